The van der Waals surface area contributed by atoms with Crippen LogP contribution >= 0.6 is 11.3 Å². The number of aryl methyl sites for hydroxylation is 2. The first-order valence-corrected chi connectivity index (χ1v) is 12.5. The highest BCUT2D eigenvalue weighted by Gasteiger charge is 2.34. The fourth-order valence-corrected chi connectivity index (χ4v) is 6.68. The van der Waals surface area contributed by atoms with Crippen LogP contribution in [0.5, 0.6) is 0 Å². The third kappa shape index (κ3) is 3.75. The molecule has 172 valence electrons. The molecule has 3 atom stereocenters. The summed E-state index contributed by atoms with van der Waals surface area (Å²) in [6.07, 6.45) is 4.64. The zero-order valence-corrected chi connectivity index (χ0v) is 19.5. The Labute approximate surface area is 196 Å². The summed E-state index contributed by atoms with van der Waals surface area (Å²) in [5, 5.41) is 7.56. The molecule has 0 radical (unpaired) electrons. The van der Waals surface area contributed by atoms with Gasteiger partial charge in [0.05, 0.1) is 11.4 Å². The lowest BCUT2D eigenvalue weighted by Gasteiger charge is -2.36. The van der Waals surface area contributed by atoms with Gasteiger partial charge >= 0.3 is 0 Å². The number of rotatable bonds is 3. The first kappa shape index (κ1) is 20.9. The second kappa shape index (κ2) is 7.95. The number of amides is 1. The molecule has 6 nitrogen and oxygen atoms in total. The second-order valence-corrected chi connectivity index (χ2v) is 10.7. The summed E-state index contributed by atoms with van der Waals surface area (Å²) in [6.45, 7) is 3.66. The molecule has 2 aromatic heterocycles. The van der Waals surface area contributed by atoms with Crippen molar-refractivity contribution in [1.82, 2.24) is 15.6 Å². The third-order valence-corrected chi connectivity index (χ3v) is 8.44. The van der Waals surface area contributed by atoms with Crippen LogP contribution in [0, 0.1) is 12.7 Å². The largest absolute Gasteiger partial charge is 0.397 e. The number of anilines is 2. The highest BCUT2D eigenvalue weighted by molar-refractivity contribution is 7.21. The van der Waals surface area contributed by atoms with Gasteiger partial charge < -0.3 is 21.3 Å². The minimum Gasteiger partial charge on any atom is -0.397 e. The van der Waals surface area contributed by atoms with E-state index in [4.69, 9.17) is 5.73 Å². The molecule has 0 saturated carbocycles. The van der Waals surface area contributed by atoms with Gasteiger partial charge in [-0.15, -0.1) is 11.3 Å². The highest BCUT2D eigenvalue weighted by Crippen LogP contribution is 2.34. The summed E-state index contributed by atoms with van der Waals surface area (Å²) in [6, 6.07) is 8.46. The molecule has 2 unspecified atom stereocenters. The van der Waals surface area contributed by atoms with Crippen molar-refractivity contribution in [2.75, 3.05) is 23.7 Å². The predicted molar refractivity (Wildman–Crippen MR) is 131 cm³/mol. The van der Waals surface area contributed by atoms with Crippen LogP contribution in [-0.4, -0.2) is 42.1 Å². The van der Waals surface area contributed by atoms with Crippen LogP contribution < -0.4 is 21.3 Å². The van der Waals surface area contributed by atoms with Crippen molar-refractivity contribution >= 4 is 38.8 Å². The first-order chi connectivity index (χ1) is 15.9. The Morgan fingerprint density at radius 1 is 1.21 bits per heavy atom. The summed E-state index contributed by atoms with van der Waals surface area (Å²) in [4.78, 5) is 21.0. The number of hydrogen-bond acceptors (Lipinski definition) is 6. The first-order valence-electron chi connectivity index (χ1n) is 11.7. The number of halogens is 1. The van der Waals surface area contributed by atoms with Crippen molar-refractivity contribution in [3.05, 3.63) is 51.8 Å². The zero-order chi connectivity index (χ0) is 22.7. The average Bonchev–Trinajstić information content (AvgIpc) is 3.30. The number of benzene rings is 1. The number of piperazine rings is 1. The average molecular weight is 466 g/mol. The molecule has 1 amide bonds. The van der Waals surface area contributed by atoms with Crippen molar-refractivity contribution in [3.8, 4) is 0 Å². The maximum atomic E-state index is 15.1. The second-order valence-electron chi connectivity index (χ2n) is 9.68. The Hall–Kier alpha value is -2.71. The van der Waals surface area contributed by atoms with E-state index in [9.17, 15) is 4.79 Å². The number of nitrogens with zero attached hydrogens (tertiary/aromatic N) is 2. The van der Waals surface area contributed by atoms with Gasteiger partial charge in [-0.3, -0.25) is 4.79 Å². The van der Waals surface area contributed by atoms with Crippen molar-refractivity contribution in [2.24, 2.45) is 0 Å². The van der Waals surface area contributed by atoms with E-state index in [1.165, 1.54) is 29.7 Å². The van der Waals surface area contributed by atoms with Crippen LogP contribution in [0.25, 0.3) is 10.2 Å². The number of hydrogen-bond donors (Lipinski definition) is 3. The van der Waals surface area contributed by atoms with Crippen LogP contribution in [0.1, 0.15) is 45.8 Å². The van der Waals surface area contributed by atoms with E-state index < -0.39 is 0 Å². The van der Waals surface area contributed by atoms with Gasteiger partial charge in [-0.2, -0.15) is 0 Å². The summed E-state index contributed by atoms with van der Waals surface area (Å²) < 4.78 is 15.1. The number of thiophene rings is 1. The predicted octanol–water partition coefficient (Wildman–Crippen LogP) is 3.55. The number of aromatic nitrogens is 1. The van der Waals surface area contributed by atoms with Crippen LogP contribution in [0.4, 0.5) is 15.8 Å². The van der Waals surface area contributed by atoms with E-state index >= 15 is 4.39 Å². The number of nitrogen functional groups attached to an aromatic ring is 1. The summed E-state index contributed by atoms with van der Waals surface area (Å²) >= 11 is 1.33. The Balaban J connectivity index is 1.18. The monoisotopic (exact) mass is 465 g/mol. The Morgan fingerprint density at radius 2 is 2.00 bits per heavy atom. The number of carbonyl (C=O) groups is 1. The minimum absolute atomic E-state index is 0.0374. The molecule has 2 fully saturated rings. The molecule has 1 aromatic carbocycles. The fourth-order valence-electron chi connectivity index (χ4n) is 5.63. The van der Waals surface area contributed by atoms with Gasteiger partial charge in [-0.25, -0.2) is 9.37 Å². The highest BCUT2D eigenvalue weighted by atomic mass is 32.1. The molecule has 2 bridgehead atoms. The molecular formula is C25H28FN5OS. The maximum Gasteiger partial charge on any atom is 0.263 e. The number of nitrogens with two attached hydrogens (primary N) is 1. The normalized spacial score (nSPS) is 24.2. The van der Waals surface area contributed by atoms with Crippen molar-refractivity contribution in [2.45, 2.75) is 57.2 Å². The van der Waals surface area contributed by atoms with Gasteiger partial charge in [0, 0.05) is 42.3 Å². The molecule has 3 aliphatic rings. The van der Waals surface area contributed by atoms with E-state index in [0.29, 0.717) is 29.1 Å². The van der Waals surface area contributed by atoms with Gasteiger partial charge in [0.25, 0.3) is 5.91 Å². The lowest BCUT2D eigenvalue weighted by molar-refractivity contribution is 0.0938. The lowest BCUT2D eigenvalue weighted by Crippen LogP contribution is -2.51. The topological polar surface area (TPSA) is 83.3 Å². The lowest BCUT2D eigenvalue weighted by atomic mass is 9.87. The van der Waals surface area contributed by atoms with Gasteiger partial charge in [0.1, 0.15) is 15.5 Å². The molecule has 4 heterocycles. The molecule has 2 saturated heterocycles. The third-order valence-electron chi connectivity index (χ3n) is 7.33. The number of nitrogens with one attached hydrogen (secondary N) is 2. The number of pyridine rings is 1. The Bertz CT molecular complexity index is 1250. The van der Waals surface area contributed by atoms with Crippen LogP contribution in [0.2, 0.25) is 0 Å². The molecular weight excluding hydrogens is 437 g/mol. The van der Waals surface area contributed by atoms with Gasteiger partial charge in [-0.05, 0) is 74.4 Å². The molecule has 0 spiro atoms. The summed E-state index contributed by atoms with van der Waals surface area (Å²) in [5.41, 5.74) is 10.6. The number of carbonyl (C=O) groups excluding carboxylic acids is 1. The molecule has 8 heteroatoms. The van der Waals surface area contributed by atoms with E-state index in [-0.39, 0.29) is 17.8 Å². The van der Waals surface area contributed by atoms with E-state index in [1.54, 1.807) is 6.07 Å². The molecule has 4 N–H and O–H groups in total. The molecule has 33 heavy (non-hydrogen) atoms. The zero-order valence-electron chi connectivity index (χ0n) is 18.7. The van der Waals surface area contributed by atoms with E-state index in [2.05, 4.69) is 20.5 Å². The van der Waals surface area contributed by atoms with Crippen molar-refractivity contribution < 1.29 is 9.18 Å². The maximum absolute atomic E-state index is 15.1. The van der Waals surface area contributed by atoms with Crippen LogP contribution in [0.15, 0.2) is 24.3 Å². The van der Waals surface area contributed by atoms with E-state index in [1.807, 2.05) is 25.1 Å². The summed E-state index contributed by atoms with van der Waals surface area (Å²) in [7, 11) is 0. The Kier molecular flexibility index (Phi) is 5.03. The smallest absolute Gasteiger partial charge is 0.263 e. The summed E-state index contributed by atoms with van der Waals surface area (Å²) in [5.74, 6) is -0.327. The van der Waals surface area contributed by atoms with Gasteiger partial charge in [0.2, 0.25) is 0 Å². The Morgan fingerprint density at radius 3 is 2.79 bits per heavy atom. The SMILES string of the molecule is Cc1ccc2c(N)c(C(=O)N[C@H]3CCc4cc(N5CC6CCC(C5)N6)c(F)cc4C3)sc2n1. The molecule has 3 aromatic rings. The quantitative estimate of drug-likeness (QED) is 0.551. The fraction of sp³-hybridized carbons (Fsp3) is 0.440. The molecule has 1 aliphatic carbocycles. The minimum atomic E-state index is -0.171. The van der Waals surface area contributed by atoms with Gasteiger partial charge in [-0.1, -0.05) is 0 Å². The van der Waals surface area contributed by atoms with Crippen molar-refractivity contribution in [1.29, 1.82) is 0 Å². The van der Waals surface area contributed by atoms with E-state index in [0.717, 1.165) is 53.1 Å². The standard InChI is InChI=1S/C25H28FN5OS/c1-13-2-7-19-22(27)23(33-25(19)28-13)24(32)30-16-4-3-14-10-21(20(26)9-15(14)8-16)31-11-17-5-6-18(12-31)29-17/h2,7,9-10,16-18,29H,3-6,8,11-12,27H2,1H3,(H,30,32)/t16-,17?,18?/m0/s1. The van der Waals surface area contributed by atoms with Crippen molar-refractivity contribution in [3.63, 3.8) is 0 Å². The molecule has 6 rings (SSSR count). The van der Waals surface area contributed by atoms with Crippen LogP contribution in [0.3, 0.4) is 0 Å². The molecule has 2 aliphatic heterocycles. The van der Waals surface area contributed by atoms with Gasteiger partial charge in [0.15, 0.2) is 0 Å². The number of fused-ring (bicyclic) bond motifs is 4. The van der Waals surface area contributed by atoms with Crippen LogP contribution in [-0.2, 0) is 12.8 Å².